The number of nitrogens with zero attached hydrogens (tertiary/aromatic N) is 2. The van der Waals surface area contributed by atoms with E-state index in [4.69, 9.17) is 21.1 Å². The second-order valence-corrected chi connectivity index (χ2v) is 7.35. The van der Waals surface area contributed by atoms with E-state index in [1.165, 1.54) is 18.0 Å². The van der Waals surface area contributed by atoms with Gasteiger partial charge in [-0.3, -0.25) is 4.79 Å². The van der Waals surface area contributed by atoms with Gasteiger partial charge >= 0.3 is 5.97 Å². The van der Waals surface area contributed by atoms with Gasteiger partial charge in [-0.05, 0) is 25.3 Å². The van der Waals surface area contributed by atoms with Crippen LogP contribution in [0.1, 0.15) is 29.1 Å². The maximum absolute atomic E-state index is 13.1. The van der Waals surface area contributed by atoms with E-state index in [1.807, 2.05) is 6.92 Å². The van der Waals surface area contributed by atoms with Crippen molar-refractivity contribution in [3.63, 3.8) is 0 Å². The summed E-state index contributed by atoms with van der Waals surface area (Å²) in [4.78, 5) is 34.1. The van der Waals surface area contributed by atoms with Crippen LogP contribution in [0.2, 0.25) is 5.02 Å². The molecule has 0 aliphatic rings. The molecule has 3 aromatic rings. The molecule has 1 N–H and O–H groups in total. The topological polar surface area (TPSA) is 90.4 Å². The summed E-state index contributed by atoms with van der Waals surface area (Å²) < 4.78 is 11.1. The summed E-state index contributed by atoms with van der Waals surface area (Å²) >= 11 is 7.35. The van der Waals surface area contributed by atoms with Crippen molar-refractivity contribution in [2.24, 2.45) is 0 Å². The lowest BCUT2D eigenvalue weighted by Crippen LogP contribution is -2.26. The van der Waals surface area contributed by atoms with Crippen molar-refractivity contribution >= 4 is 40.9 Å². The summed E-state index contributed by atoms with van der Waals surface area (Å²) in [6, 6.07) is 15.7. The fourth-order valence-electron chi connectivity index (χ4n) is 2.71. The molecular formula is C22H20ClN3O4S. The summed E-state index contributed by atoms with van der Waals surface area (Å²) in [5, 5.41) is 3.18. The summed E-state index contributed by atoms with van der Waals surface area (Å²) in [7, 11) is 0. The molecule has 0 saturated heterocycles. The zero-order chi connectivity index (χ0) is 22.2. The number of nitrogens with one attached hydrogen (secondary N) is 1. The van der Waals surface area contributed by atoms with Crippen LogP contribution in [0.5, 0.6) is 5.75 Å². The monoisotopic (exact) mass is 457 g/mol. The molecule has 7 nitrogen and oxygen atoms in total. The Bertz CT molecular complexity index is 1070. The molecule has 1 heterocycles. The minimum Gasteiger partial charge on any atom is -0.492 e. The maximum atomic E-state index is 13.1. The molecule has 0 aliphatic heterocycles. The van der Waals surface area contributed by atoms with Crippen LogP contribution in [0.15, 0.2) is 66.0 Å². The highest BCUT2D eigenvalue weighted by molar-refractivity contribution is 7.98. The lowest BCUT2D eigenvalue weighted by molar-refractivity contribution is -0.125. The van der Waals surface area contributed by atoms with Crippen LogP contribution in [0.4, 0.5) is 5.69 Å². The van der Waals surface area contributed by atoms with Crippen LogP contribution < -0.4 is 10.1 Å². The van der Waals surface area contributed by atoms with Crippen LogP contribution in [0.25, 0.3) is 0 Å². The van der Waals surface area contributed by atoms with Crippen LogP contribution >= 0.6 is 23.4 Å². The molecule has 0 saturated carbocycles. The Kier molecular flexibility index (Phi) is 7.86. The molecule has 31 heavy (non-hydrogen) atoms. The Hall–Kier alpha value is -3.10. The summed E-state index contributed by atoms with van der Waals surface area (Å²) in [5.41, 5.74) is 0.859. The highest BCUT2D eigenvalue weighted by Crippen LogP contribution is 2.28. The number of hydrogen-bond acceptors (Lipinski definition) is 7. The number of carbonyl (C=O) groups excluding carboxylic acids is 2. The zero-order valence-corrected chi connectivity index (χ0v) is 18.4. The zero-order valence-electron chi connectivity index (χ0n) is 16.9. The first-order valence-corrected chi connectivity index (χ1v) is 11.0. The lowest BCUT2D eigenvalue weighted by Gasteiger charge is -2.19. The van der Waals surface area contributed by atoms with Crippen molar-refractivity contribution in [2.75, 3.05) is 18.2 Å². The fraction of sp³-hybridized carbons (Fsp3) is 0.182. The number of carbonyl (C=O) groups is 2. The van der Waals surface area contributed by atoms with Crippen molar-refractivity contribution in [1.29, 1.82) is 0 Å². The molecule has 0 fully saturated rings. The number of benzene rings is 2. The quantitative estimate of drug-likeness (QED) is 0.295. The molecule has 9 heteroatoms. The van der Waals surface area contributed by atoms with Gasteiger partial charge in [-0.15, -0.1) is 0 Å². The van der Waals surface area contributed by atoms with Crippen molar-refractivity contribution < 1.29 is 19.1 Å². The normalized spacial score (nSPS) is 11.5. The van der Waals surface area contributed by atoms with E-state index in [0.717, 1.165) is 0 Å². The Labute approximate surface area is 189 Å². The number of amides is 1. The molecular weight excluding hydrogens is 438 g/mol. The average Bonchev–Trinajstić information content (AvgIpc) is 2.79. The van der Waals surface area contributed by atoms with Crippen LogP contribution in [-0.2, 0) is 9.53 Å². The molecule has 2 aromatic carbocycles. The number of hydrogen-bond donors (Lipinski definition) is 1. The number of para-hydroxylation sites is 2. The van der Waals surface area contributed by atoms with Crippen LogP contribution in [0, 0.1) is 0 Å². The number of rotatable bonds is 8. The largest absolute Gasteiger partial charge is 0.492 e. The van der Waals surface area contributed by atoms with E-state index < -0.39 is 18.0 Å². The van der Waals surface area contributed by atoms with Gasteiger partial charge in [-0.2, -0.15) is 0 Å². The molecule has 0 bridgehead atoms. The first kappa shape index (κ1) is 22.6. The van der Waals surface area contributed by atoms with E-state index in [1.54, 1.807) is 60.9 Å². The third-order valence-corrected chi connectivity index (χ3v) is 4.95. The van der Waals surface area contributed by atoms with E-state index >= 15 is 0 Å². The molecule has 1 unspecified atom stereocenters. The Morgan fingerprint density at radius 3 is 2.55 bits per heavy atom. The van der Waals surface area contributed by atoms with Crippen molar-refractivity contribution in [3.05, 3.63) is 77.1 Å². The predicted molar refractivity (Wildman–Crippen MR) is 120 cm³/mol. The smallest absolute Gasteiger partial charge is 0.359 e. The van der Waals surface area contributed by atoms with Gasteiger partial charge in [0.25, 0.3) is 5.91 Å². The maximum Gasteiger partial charge on any atom is 0.359 e. The van der Waals surface area contributed by atoms with Crippen LogP contribution in [0.3, 0.4) is 0 Å². The van der Waals surface area contributed by atoms with E-state index in [9.17, 15) is 9.59 Å². The van der Waals surface area contributed by atoms with Gasteiger partial charge in [0, 0.05) is 5.56 Å². The summed E-state index contributed by atoms with van der Waals surface area (Å²) in [5.74, 6) is -0.855. The number of esters is 1. The van der Waals surface area contributed by atoms with Crippen molar-refractivity contribution in [3.8, 4) is 5.75 Å². The molecule has 0 aliphatic carbocycles. The SMILES string of the molecule is CCOc1ccccc1NC(=O)C(OC(=O)c1nc(SC)ncc1Cl)c1ccccc1. The predicted octanol–water partition coefficient (Wildman–Crippen LogP) is 4.79. The number of halogens is 1. The highest BCUT2D eigenvalue weighted by atomic mass is 35.5. The Morgan fingerprint density at radius 2 is 1.84 bits per heavy atom. The van der Waals surface area contributed by atoms with E-state index in [2.05, 4.69) is 15.3 Å². The summed E-state index contributed by atoms with van der Waals surface area (Å²) in [6.45, 7) is 2.29. The molecule has 160 valence electrons. The van der Waals surface area contributed by atoms with Gasteiger partial charge in [-0.25, -0.2) is 14.8 Å². The first-order chi connectivity index (χ1) is 15.0. The van der Waals surface area contributed by atoms with Crippen molar-refractivity contribution in [2.45, 2.75) is 18.2 Å². The van der Waals surface area contributed by atoms with Gasteiger partial charge in [-0.1, -0.05) is 65.8 Å². The van der Waals surface area contributed by atoms with E-state index in [0.29, 0.717) is 28.8 Å². The molecule has 0 radical (unpaired) electrons. The third kappa shape index (κ3) is 5.74. The average molecular weight is 458 g/mol. The molecule has 1 atom stereocenters. The molecule has 3 rings (SSSR count). The molecule has 1 amide bonds. The number of anilines is 1. The number of thioether (sulfide) groups is 1. The highest BCUT2D eigenvalue weighted by Gasteiger charge is 2.28. The van der Waals surface area contributed by atoms with Crippen LogP contribution in [-0.4, -0.2) is 34.7 Å². The number of ether oxygens (including phenoxy) is 2. The van der Waals surface area contributed by atoms with Gasteiger partial charge in [0.15, 0.2) is 10.9 Å². The fourth-order valence-corrected chi connectivity index (χ4v) is 3.21. The third-order valence-electron chi connectivity index (χ3n) is 4.11. The second-order valence-electron chi connectivity index (χ2n) is 6.17. The minimum absolute atomic E-state index is 0.0386. The molecule has 0 spiro atoms. The second kappa shape index (κ2) is 10.8. The standard InChI is InChI=1S/C22H20ClN3O4S/c1-3-29-17-12-8-7-11-16(17)25-20(27)19(14-9-5-4-6-10-14)30-21(28)18-15(23)13-24-22(26-18)31-2/h4-13,19H,3H2,1-2H3,(H,25,27). The molecule has 1 aromatic heterocycles. The Morgan fingerprint density at radius 1 is 1.13 bits per heavy atom. The van der Waals surface area contributed by atoms with Gasteiger partial charge in [0.05, 0.1) is 23.5 Å². The Balaban J connectivity index is 1.89. The summed E-state index contributed by atoms with van der Waals surface area (Å²) in [6.07, 6.45) is 1.87. The van der Waals surface area contributed by atoms with E-state index in [-0.39, 0.29) is 10.7 Å². The van der Waals surface area contributed by atoms with Crippen molar-refractivity contribution in [1.82, 2.24) is 9.97 Å². The van der Waals surface area contributed by atoms with Gasteiger partial charge < -0.3 is 14.8 Å². The minimum atomic E-state index is -1.23. The number of aromatic nitrogens is 2. The van der Waals surface area contributed by atoms with Gasteiger partial charge in [0.2, 0.25) is 6.10 Å². The van der Waals surface area contributed by atoms with Gasteiger partial charge in [0.1, 0.15) is 5.75 Å². The lowest BCUT2D eigenvalue weighted by atomic mass is 10.1. The first-order valence-electron chi connectivity index (χ1n) is 9.38.